The molecule has 0 saturated carbocycles. The zero-order valence-corrected chi connectivity index (χ0v) is 15.9. The Morgan fingerprint density at radius 3 is 2.53 bits per heavy atom. The quantitative estimate of drug-likeness (QED) is 0.522. The van der Waals surface area contributed by atoms with Crippen molar-refractivity contribution in [3.8, 4) is 0 Å². The van der Waals surface area contributed by atoms with Gasteiger partial charge in [-0.3, -0.25) is 0 Å². The van der Waals surface area contributed by atoms with E-state index in [2.05, 4.69) is 61.8 Å². The summed E-state index contributed by atoms with van der Waals surface area (Å²) in [5.74, 6) is 0.639. The molecule has 3 rings (SSSR count). The van der Waals surface area contributed by atoms with Gasteiger partial charge in [-0.1, -0.05) is 24.3 Å². The molecule has 0 fully saturated rings. The van der Waals surface area contributed by atoms with Gasteiger partial charge in [-0.05, 0) is 10.3 Å². The van der Waals surface area contributed by atoms with Gasteiger partial charge in [-0.15, -0.1) is 11.8 Å². The van der Waals surface area contributed by atoms with Crippen molar-refractivity contribution in [1.82, 2.24) is 0 Å². The SMILES string of the molecule is C1=CC2C=CSC2=C1.C[C](C)=[Zr+2][C]1=CC=CC1.[Cl-].[Cl-]. The molecule has 2 aliphatic carbocycles. The van der Waals surface area contributed by atoms with Crippen molar-refractivity contribution < 1.29 is 47.6 Å². The summed E-state index contributed by atoms with van der Waals surface area (Å²) in [6.45, 7) is 4.51. The maximum atomic E-state index is 2.29. The Hall–Kier alpha value is 0.383. The second-order valence-corrected chi connectivity index (χ2v) is 10.0. The van der Waals surface area contributed by atoms with Crippen LogP contribution in [0, 0.1) is 5.92 Å². The molecule has 0 aromatic rings. The third kappa shape index (κ3) is 6.58. The molecule has 0 nitrogen and oxygen atoms in total. The first kappa shape index (κ1) is 19.4. The maximum Gasteiger partial charge on any atom is -1.00 e. The van der Waals surface area contributed by atoms with Gasteiger partial charge in [0.25, 0.3) is 0 Å². The molecule has 0 spiro atoms. The molecule has 1 heterocycles. The summed E-state index contributed by atoms with van der Waals surface area (Å²) in [6, 6.07) is 0. The summed E-state index contributed by atoms with van der Waals surface area (Å²) in [6.07, 6.45) is 16.7. The van der Waals surface area contributed by atoms with Crippen molar-refractivity contribution >= 4 is 15.0 Å². The van der Waals surface area contributed by atoms with Crippen LogP contribution < -0.4 is 24.8 Å². The van der Waals surface area contributed by atoms with Crippen molar-refractivity contribution in [2.75, 3.05) is 0 Å². The fourth-order valence-corrected chi connectivity index (χ4v) is 5.25. The number of allylic oxidation sites excluding steroid dienone is 9. The van der Waals surface area contributed by atoms with Gasteiger partial charge in [0.15, 0.2) is 0 Å². The second kappa shape index (κ2) is 10.2. The Morgan fingerprint density at radius 2 is 1.95 bits per heavy atom. The first-order valence-electron chi connectivity index (χ1n) is 5.90. The topological polar surface area (TPSA) is 0 Å². The summed E-state index contributed by atoms with van der Waals surface area (Å²) >= 11 is 1.61. The van der Waals surface area contributed by atoms with Crippen LogP contribution in [0.15, 0.2) is 56.1 Å². The molecule has 0 N–H and O–H groups in total. The van der Waals surface area contributed by atoms with Crippen LogP contribution in [-0.4, -0.2) is 3.21 Å². The fraction of sp³-hybridized carbons (Fsp3) is 0.267. The van der Waals surface area contributed by atoms with Crippen molar-refractivity contribution in [3.63, 3.8) is 0 Å². The first-order chi connectivity index (χ1) is 8.25. The average Bonchev–Trinajstić information content (AvgIpc) is 2.91. The molecular formula is C15H17Cl2SZr. The van der Waals surface area contributed by atoms with Gasteiger partial charge in [-0.25, -0.2) is 0 Å². The Bertz CT molecular complexity index is 467. The smallest absolute Gasteiger partial charge is 1.00 e. The molecule has 0 amide bonds. The largest absolute Gasteiger partial charge is 1.00 e. The van der Waals surface area contributed by atoms with E-state index in [1.165, 1.54) is 11.3 Å². The van der Waals surface area contributed by atoms with Gasteiger partial charge >= 0.3 is 67.7 Å². The number of rotatable bonds is 1. The van der Waals surface area contributed by atoms with Gasteiger partial charge < -0.3 is 24.8 Å². The molecule has 0 saturated heterocycles. The Balaban J connectivity index is 0.000000309. The number of halogens is 2. The van der Waals surface area contributed by atoms with E-state index in [9.17, 15) is 0 Å². The van der Waals surface area contributed by atoms with Crippen LogP contribution in [0.2, 0.25) is 0 Å². The van der Waals surface area contributed by atoms with E-state index in [1.807, 2.05) is 11.8 Å². The molecule has 1 unspecified atom stereocenters. The van der Waals surface area contributed by atoms with Crippen molar-refractivity contribution in [2.24, 2.45) is 5.92 Å². The van der Waals surface area contributed by atoms with Gasteiger partial charge in [0.1, 0.15) is 0 Å². The summed E-state index contributed by atoms with van der Waals surface area (Å²) in [7, 11) is 0. The standard InChI is InChI=1S/C7H6S.C5H5.C3H6.2ClH.Zr/c1-2-6-4-5-8-7(6)3-1;1-2-4-5-3-1;1-3-2;;;/h1-6H;1-3H,4H2;1-2H3;2*1H;/q;;;;;+2/p-2. The zero-order valence-electron chi connectivity index (χ0n) is 11.1. The minimum Gasteiger partial charge on any atom is -1.00 e. The molecule has 1 aliphatic heterocycles. The summed E-state index contributed by atoms with van der Waals surface area (Å²) < 4.78 is 3.40. The molecule has 0 bridgehead atoms. The Morgan fingerprint density at radius 1 is 1.16 bits per heavy atom. The monoisotopic (exact) mass is 389 g/mol. The van der Waals surface area contributed by atoms with E-state index >= 15 is 0 Å². The van der Waals surface area contributed by atoms with Gasteiger partial charge in [0.05, 0.1) is 0 Å². The van der Waals surface area contributed by atoms with E-state index in [0.717, 1.165) is 0 Å². The van der Waals surface area contributed by atoms with Crippen LogP contribution in [-0.2, 0) is 22.8 Å². The van der Waals surface area contributed by atoms with E-state index in [-0.39, 0.29) is 47.6 Å². The van der Waals surface area contributed by atoms with Crippen LogP contribution in [0.5, 0.6) is 0 Å². The van der Waals surface area contributed by atoms with Crippen LogP contribution in [0.1, 0.15) is 20.3 Å². The second-order valence-electron chi connectivity index (χ2n) is 4.38. The minimum absolute atomic E-state index is 0. The summed E-state index contributed by atoms with van der Waals surface area (Å²) in [5.41, 5.74) is 0. The van der Waals surface area contributed by atoms with Crippen molar-refractivity contribution in [2.45, 2.75) is 20.3 Å². The summed E-state index contributed by atoms with van der Waals surface area (Å²) in [5, 5.41) is 2.15. The molecule has 0 aromatic carbocycles. The maximum absolute atomic E-state index is 2.29. The molecule has 3 aliphatic rings. The predicted molar refractivity (Wildman–Crippen MR) is 75.6 cm³/mol. The van der Waals surface area contributed by atoms with Crippen molar-refractivity contribution in [3.05, 3.63) is 56.1 Å². The summed E-state index contributed by atoms with van der Waals surface area (Å²) in [4.78, 5) is 1.48. The Labute approximate surface area is 144 Å². The number of thioether (sulfide) groups is 1. The average molecular weight is 391 g/mol. The minimum atomic E-state index is -0.220. The van der Waals surface area contributed by atoms with Gasteiger partial charge in [-0.2, -0.15) is 0 Å². The number of hydrogen-bond acceptors (Lipinski definition) is 1. The predicted octanol–water partition coefficient (Wildman–Crippen LogP) is -1.55. The van der Waals surface area contributed by atoms with Crippen molar-refractivity contribution in [1.29, 1.82) is 0 Å². The van der Waals surface area contributed by atoms with Crippen LogP contribution in [0.4, 0.5) is 0 Å². The normalized spacial score (nSPS) is 20.2. The molecule has 19 heavy (non-hydrogen) atoms. The molecule has 0 aromatic heterocycles. The van der Waals surface area contributed by atoms with Gasteiger partial charge in [0, 0.05) is 5.92 Å². The molecule has 1 atom stereocenters. The van der Waals surface area contributed by atoms with Gasteiger partial charge in [0.2, 0.25) is 0 Å². The molecule has 101 valence electrons. The van der Waals surface area contributed by atoms with E-state index < -0.39 is 0 Å². The molecule has 4 heteroatoms. The van der Waals surface area contributed by atoms with E-state index in [4.69, 9.17) is 0 Å². The van der Waals surface area contributed by atoms with E-state index in [0.29, 0.717) is 5.92 Å². The van der Waals surface area contributed by atoms with Crippen LogP contribution >= 0.6 is 11.8 Å². The number of fused-ring (bicyclic) bond motifs is 1. The zero-order chi connectivity index (χ0) is 12.1. The Kier molecular flexibility index (Phi) is 10.4. The van der Waals surface area contributed by atoms with E-state index in [1.54, 1.807) is 6.49 Å². The fourth-order valence-electron chi connectivity index (χ4n) is 1.82. The third-order valence-corrected chi connectivity index (χ3v) is 6.48. The van der Waals surface area contributed by atoms with Crippen LogP contribution in [0.25, 0.3) is 0 Å². The first-order valence-corrected chi connectivity index (χ1v) is 9.24. The number of hydrogen-bond donors (Lipinski definition) is 0. The van der Waals surface area contributed by atoms with Crippen LogP contribution in [0.3, 0.4) is 0 Å². The third-order valence-electron chi connectivity index (χ3n) is 2.58. The molecular weight excluding hydrogens is 374 g/mol. The molecule has 0 radical (unpaired) electrons.